The van der Waals surface area contributed by atoms with Crippen LogP contribution >= 0.6 is 0 Å². The highest BCUT2D eigenvalue weighted by Crippen LogP contribution is 2.32. The predicted octanol–water partition coefficient (Wildman–Crippen LogP) is 0.000900. The Balaban J connectivity index is 2.42. The van der Waals surface area contributed by atoms with Crippen molar-refractivity contribution < 1.29 is 9.90 Å². The second kappa shape index (κ2) is 4.28. The average Bonchev–Trinajstić information content (AvgIpc) is 2.84. The molecule has 82 valence electrons. The second-order valence-corrected chi connectivity index (χ2v) is 4.49. The molecular formula is C10H20N2O2. The van der Waals surface area contributed by atoms with Crippen molar-refractivity contribution in [1.82, 2.24) is 5.32 Å². The van der Waals surface area contributed by atoms with Gasteiger partial charge in [0.15, 0.2) is 0 Å². The van der Waals surface area contributed by atoms with E-state index in [0.717, 1.165) is 12.8 Å². The molecule has 1 rings (SSSR count). The third-order valence-corrected chi connectivity index (χ3v) is 2.80. The van der Waals surface area contributed by atoms with Crippen LogP contribution in [0.3, 0.4) is 0 Å². The molecule has 4 heteroatoms. The van der Waals surface area contributed by atoms with Crippen LogP contribution in [0.15, 0.2) is 0 Å². The summed E-state index contributed by atoms with van der Waals surface area (Å²) in [6.45, 7) is 4.15. The fraction of sp³-hybridized carbons (Fsp3) is 0.900. The molecule has 0 saturated heterocycles. The molecule has 1 aliphatic carbocycles. The summed E-state index contributed by atoms with van der Waals surface area (Å²) < 4.78 is 0. The standard InChI is InChI=1S/C10H20N2O2/c1-7(2)8(3-6-13)12-9(14)10(11)4-5-10/h7-8,13H,3-6,11H2,1-2H3,(H,12,14). The molecule has 0 aromatic rings. The minimum absolute atomic E-state index is 0.0357. The maximum Gasteiger partial charge on any atom is 0.240 e. The number of hydrogen-bond acceptors (Lipinski definition) is 3. The van der Waals surface area contributed by atoms with E-state index in [1.165, 1.54) is 0 Å². The van der Waals surface area contributed by atoms with Crippen molar-refractivity contribution in [3.8, 4) is 0 Å². The van der Waals surface area contributed by atoms with E-state index in [2.05, 4.69) is 5.32 Å². The fourth-order valence-corrected chi connectivity index (χ4v) is 1.39. The van der Waals surface area contributed by atoms with Crippen molar-refractivity contribution in [2.45, 2.75) is 44.7 Å². The molecule has 0 bridgehead atoms. The lowest BCUT2D eigenvalue weighted by molar-refractivity contribution is -0.124. The van der Waals surface area contributed by atoms with Gasteiger partial charge in [-0.05, 0) is 25.2 Å². The van der Waals surface area contributed by atoms with Crippen molar-refractivity contribution >= 4 is 5.91 Å². The SMILES string of the molecule is CC(C)C(CCO)NC(=O)C1(N)CC1. The molecule has 4 nitrogen and oxygen atoms in total. The minimum Gasteiger partial charge on any atom is -0.396 e. The molecule has 0 spiro atoms. The maximum atomic E-state index is 11.6. The van der Waals surface area contributed by atoms with Crippen LogP contribution in [0.1, 0.15) is 33.1 Å². The van der Waals surface area contributed by atoms with E-state index in [4.69, 9.17) is 10.8 Å². The largest absolute Gasteiger partial charge is 0.396 e. The molecule has 0 heterocycles. The lowest BCUT2D eigenvalue weighted by Crippen LogP contribution is -2.49. The van der Waals surface area contributed by atoms with Crippen LogP contribution in [0.4, 0.5) is 0 Å². The predicted molar refractivity (Wildman–Crippen MR) is 54.6 cm³/mol. The molecule has 0 aromatic heterocycles. The first-order valence-electron chi connectivity index (χ1n) is 5.20. The van der Waals surface area contributed by atoms with E-state index in [1.807, 2.05) is 13.8 Å². The zero-order valence-corrected chi connectivity index (χ0v) is 8.92. The maximum absolute atomic E-state index is 11.6. The summed E-state index contributed by atoms with van der Waals surface area (Å²) in [6.07, 6.45) is 2.16. The first-order valence-corrected chi connectivity index (χ1v) is 5.20. The molecule has 1 amide bonds. The van der Waals surface area contributed by atoms with Crippen LogP contribution in [-0.4, -0.2) is 29.2 Å². The van der Waals surface area contributed by atoms with Gasteiger partial charge in [0.05, 0.1) is 5.54 Å². The van der Waals surface area contributed by atoms with Crippen molar-refractivity contribution in [3.63, 3.8) is 0 Å². The molecule has 4 N–H and O–H groups in total. The van der Waals surface area contributed by atoms with Crippen molar-refractivity contribution in [3.05, 3.63) is 0 Å². The number of nitrogens with one attached hydrogen (secondary N) is 1. The molecule has 1 atom stereocenters. The van der Waals surface area contributed by atoms with Gasteiger partial charge in [0.1, 0.15) is 0 Å². The van der Waals surface area contributed by atoms with E-state index < -0.39 is 5.54 Å². The van der Waals surface area contributed by atoms with Gasteiger partial charge < -0.3 is 16.2 Å². The van der Waals surface area contributed by atoms with Crippen LogP contribution in [0.2, 0.25) is 0 Å². The summed E-state index contributed by atoms with van der Waals surface area (Å²) in [4.78, 5) is 11.6. The van der Waals surface area contributed by atoms with E-state index in [0.29, 0.717) is 12.3 Å². The molecule has 0 aliphatic heterocycles. The van der Waals surface area contributed by atoms with Gasteiger partial charge in [0, 0.05) is 12.6 Å². The molecule has 1 aliphatic rings. The van der Waals surface area contributed by atoms with Crippen LogP contribution in [0, 0.1) is 5.92 Å². The lowest BCUT2D eigenvalue weighted by Gasteiger charge is -2.23. The van der Waals surface area contributed by atoms with Gasteiger partial charge in [-0.15, -0.1) is 0 Å². The number of aliphatic hydroxyl groups is 1. The van der Waals surface area contributed by atoms with Gasteiger partial charge in [-0.25, -0.2) is 0 Å². The number of amides is 1. The Bertz CT molecular complexity index is 212. The Hall–Kier alpha value is -0.610. The zero-order valence-electron chi connectivity index (χ0n) is 8.92. The van der Waals surface area contributed by atoms with Gasteiger partial charge >= 0.3 is 0 Å². The van der Waals surface area contributed by atoms with Crippen molar-refractivity contribution in [1.29, 1.82) is 0 Å². The average molecular weight is 200 g/mol. The van der Waals surface area contributed by atoms with Gasteiger partial charge in [-0.3, -0.25) is 4.79 Å². The Labute approximate surface area is 84.9 Å². The van der Waals surface area contributed by atoms with Crippen LogP contribution in [-0.2, 0) is 4.79 Å². The number of carbonyl (C=O) groups excluding carboxylic acids is 1. The van der Waals surface area contributed by atoms with Crippen molar-refractivity contribution in [2.75, 3.05) is 6.61 Å². The Morgan fingerprint density at radius 3 is 2.50 bits per heavy atom. The first kappa shape index (κ1) is 11.5. The number of nitrogens with two attached hydrogens (primary N) is 1. The van der Waals surface area contributed by atoms with Gasteiger partial charge in [-0.2, -0.15) is 0 Å². The Kier molecular flexibility index (Phi) is 3.50. The number of hydrogen-bond donors (Lipinski definition) is 3. The molecular weight excluding hydrogens is 180 g/mol. The summed E-state index contributed by atoms with van der Waals surface area (Å²) in [5, 5.41) is 11.7. The molecule has 0 radical (unpaired) electrons. The van der Waals surface area contributed by atoms with E-state index in [1.54, 1.807) is 0 Å². The first-order chi connectivity index (χ1) is 6.49. The number of rotatable bonds is 5. The minimum atomic E-state index is -0.609. The fourth-order valence-electron chi connectivity index (χ4n) is 1.39. The summed E-state index contributed by atoms with van der Waals surface area (Å²) >= 11 is 0. The van der Waals surface area contributed by atoms with Gasteiger partial charge in [0.25, 0.3) is 0 Å². The summed E-state index contributed by atoms with van der Waals surface area (Å²) in [7, 11) is 0. The van der Waals surface area contributed by atoms with Crippen molar-refractivity contribution in [2.24, 2.45) is 11.7 Å². The monoisotopic (exact) mass is 200 g/mol. The second-order valence-electron chi connectivity index (χ2n) is 4.49. The highest BCUT2D eigenvalue weighted by Gasteiger charge is 2.46. The smallest absolute Gasteiger partial charge is 0.240 e. The van der Waals surface area contributed by atoms with Gasteiger partial charge in [-0.1, -0.05) is 13.8 Å². The van der Waals surface area contributed by atoms with E-state index in [-0.39, 0.29) is 18.6 Å². The molecule has 0 aromatic carbocycles. The zero-order chi connectivity index (χ0) is 10.8. The normalized spacial score (nSPS) is 20.6. The topological polar surface area (TPSA) is 75.3 Å². The summed E-state index contributed by atoms with van der Waals surface area (Å²) in [5.74, 6) is 0.262. The molecule has 1 unspecified atom stereocenters. The molecule has 14 heavy (non-hydrogen) atoms. The van der Waals surface area contributed by atoms with Crippen LogP contribution in [0.5, 0.6) is 0 Å². The molecule has 1 saturated carbocycles. The van der Waals surface area contributed by atoms with Crippen LogP contribution in [0.25, 0.3) is 0 Å². The molecule has 1 fully saturated rings. The van der Waals surface area contributed by atoms with Gasteiger partial charge in [0.2, 0.25) is 5.91 Å². The quantitative estimate of drug-likeness (QED) is 0.585. The highest BCUT2D eigenvalue weighted by atomic mass is 16.3. The summed E-state index contributed by atoms with van der Waals surface area (Å²) in [6, 6.07) is 0.0357. The number of aliphatic hydroxyl groups excluding tert-OH is 1. The Morgan fingerprint density at radius 1 is 1.57 bits per heavy atom. The highest BCUT2D eigenvalue weighted by molar-refractivity contribution is 5.89. The Morgan fingerprint density at radius 2 is 2.14 bits per heavy atom. The van der Waals surface area contributed by atoms with E-state index >= 15 is 0 Å². The van der Waals surface area contributed by atoms with E-state index in [9.17, 15) is 4.79 Å². The lowest BCUT2D eigenvalue weighted by atomic mass is 10.0. The number of carbonyl (C=O) groups is 1. The van der Waals surface area contributed by atoms with Crippen LogP contribution < -0.4 is 11.1 Å². The third kappa shape index (κ3) is 2.69. The third-order valence-electron chi connectivity index (χ3n) is 2.80. The summed E-state index contributed by atoms with van der Waals surface area (Å²) in [5.41, 5.74) is 5.15.